The van der Waals surface area contributed by atoms with Crippen LogP contribution in [0.5, 0.6) is 0 Å². The van der Waals surface area contributed by atoms with Crippen molar-refractivity contribution in [2.45, 2.75) is 6.54 Å². The van der Waals surface area contributed by atoms with Gasteiger partial charge in [0.2, 0.25) is 0 Å². The highest BCUT2D eigenvalue weighted by molar-refractivity contribution is 6.42. The maximum atomic E-state index is 6.28. The Labute approximate surface area is 146 Å². The van der Waals surface area contributed by atoms with Crippen molar-refractivity contribution in [2.24, 2.45) is 0 Å². The van der Waals surface area contributed by atoms with Gasteiger partial charge in [0.05, 0.1) is 46.9 Å². The van der Waals surface area contributed by atoms with Gasteiger partial charge in [-0.25, -0.2) is 0 Å². The van der Waals surface area contributed by atoms with Crippen molar-refractivity contribution in [3.63, 3.8) is 0 Å². The van der Waals surface area contributed by atoms with Crippen LogP contribution in [0.3, 0.4) is 0 Å². The number of nitrogens with zero attached hydrogens (tertiary/aromatic N) is 1. The molecule has 0 radical (unpaired) electrons. The minimum Gasteiger partial charge on any atom is -0.359 e. The molecule has 3 rings (SSSR count). The van der Waals surface area contributed by atoms with Crippen LogP contribution in [0.4, 0.5) is 5.69 Å². The minimum absolute atomic E-state index is 0.615. The lowest BCUT2D eigenvalue weighted by Gasteiger charge is -2.34. The van der Waals surface area contributed by atoms with Crippen molar-refractivity contribution in [1.82, 2.24) is 0 Å². The van der Waals surface area contributed by atoms with E-state index < -0.39 is 0 Å². The molecule has 1 aliphatic heterocycles. The molecule has 0 bridgehead atoms. The lowest BCUT2D eigenvalue weighted by atomic mass is 10.2. The van der Waals surface area contributed by atoms with Crippen LogP contribution in [0.2, 0.25) is 15.1 Å². The molecule has 2 aromatic carbocycles. The molecule has 0 spiro atoms. The molecular weight excluding hydrogens is 339 g/mol. The van der Waals surface area contributed by atoms with Gasteiger partial charge in [0, 0.05) is 5.56 Å². The fraction of sp³-hybridized carbons (Fsp3) is 0.294. The lowest BCUT2D eigenvalue weighted by Crippen LogP contribution is -3.13. The fourth-order valence-electron chi connectivity index (χ4n) is 2.89. The fourth-order valence-corrected chi connectivity index (χ4v) is 3.46. The largest absolute Gasteiger partial charge is 0.359 e. The Morgan fingerprint density at radius 3 is 2.27 bits per heavy atom. The Bertz CT molecular complexity index is 652. The highest BCUT2D eigenvalue weighted by atomic mass is 35.5. The first-order valence-corrected chi connectivity index (χ1v) is 8.54. The van der Waals surface area contributed by atoms with Crippen LogP contribution in [-0.4, -0.2) is 26.2 Å². The maximum Gasteiger partial charge on any atom is 0.103 e. The first kappa shape index (κ1) is 15.9. The summed E-state index contributed by atoms with van der Waals surface area (Å²) >= 11 is 18.3. The number of piperazine rings is 1. The van der Waals surface area contributed by atoms with Crippen molar-refractivity contribution in [3.05, 3.63) is 63.1 Å². The van der Waals surface area contributed by atoms with Gasteiger partial charge in [0.15, 0.2) is 0 Å². The van der Waals surface area contributed by atoms with Crippen LogP contribution >= 0.6 is 34.8 Å². The van der Waals surface area contributed by atoms with Crippen LogP contribution in [0.15, 0.2) is 42.5 Å². The van der Waals surface area contributed by atoms with E-state index in [-0.39, 0.29) is 0 Å². The van der Waals surface area contributed by atoms with Gasteiger partial charge in [0.1, 0.15) is 6.54 Å². The number of rotatable bonds is 3. The van der Waals surface area contributed by atoms with Gasteiger partial charge in [-0.1, -0.05) is 53.0 Å². The number of benzene rings is 2. The molecule has 2 aromatic rings. The SMILES string of the molecule is Clc1ccc(C[NH+]2CCN(c3ccccc3Cl)CC2)cc1Cl. The highest BCUT2D eigenvalue weighted by Crippen LogP contribution is 2.25. The van der Waals surface area contributed by atoms with Gasteiger partial charge in [-0.05, 0) is 24.3 Å². The van der Waals surface area contributed by atoms with E-state index in [0.29, 0.717) is 10.0 Å². The van der Waals surface area contributed by atoms with Crippen molar-refractivity contribution < 1.29 is 4.90 Å². The van der Waals surface area contributed by atoms with E-state index in [4.69, 9.17) is 34.8 Å². The van der Waals surface area contributed by atoms with E-state index in [1.165, 1.54) is 5.56 Å². The monoisotopic (exact) mass is 355 g/mol. The molecule has 1 heterocycles. The van der Waals surface area contributed by atoms with Crippen molar-refractivity contribution >= 4 is 40.5 Å². The molecule has 0 atom stereocenters. The van der Waals surface area contributed by atoms with Crippen molar-refractivity contribution in [3.8, 4) is 0 Å². The zero-order chi connectivity index (χ0) is 15.5. The Kier molecular flexibility index (Phi) is 5.14. The average molecular weight is 357 g/mol. The third-order valence-electron chi connectivity index (χ3n) is 4.10. The Morgan fingerprint density at radius 2 is 1.59 bits per heavy atom. The van der Waals surface area contributed by atoms with Gasteiger partial charge < -0.3 is 9.80 Å². The van der Waals surface area contributed by atoms with E-state index in [1.54, 1.807) is 4.90 Å². The summed E-state index contributed by atoms with van der Waals surface area (Å²) in [6.45, 7) is 5.19. The van der Waals surface area contributed by atoms with Crippen molar-refractivity contribution in [1.29, 1.82) is 0 Å². The number of hydrogen-bond donors (Lipinski definition) is 1. The summed E-state index contributed by atoms with van der Waals surface area (Å²) in [5.41, 5.74) is 2.37. The molecule has 0 aliphatic carbocycles. The molecule has 0 saturated carbocycles. The summed E-state index contributed by atoms with van der Waals surface area (Å²) in [6.07, 6.45) is 0. The lowest BCUT2D eigenvalue weighted by molar-refractivity contribution is -0.914. The van der Waals surface area contributed by atoms with E-state index in [9.17, 15) is 0 Å². The molecule has 2 nitrogen and oxygen atoms in total. The molecule has 0 amide bonds. The van der Waals surface area contributed by atoms with Gasteiger partial charge in [-0.3, -0.25) is 0 Å². The van der Waals surface area contributed by atoms with Crippen LogP contribution in [0, 0.1) is 0 Å². The normalized spacial score (nSPS) is 16.0. The molecule has 0 unspecified atom stereocenters. The number of nitrogens with one attached hydrogen (secondary N) is 1. The summed E-state index contributed by atoms with van der Waals surface area (Å²) in [5.74, 6) is 0. The Hall–Kier alpha value is -0.930. The predicted octanol–water partition coefficient (Wildman–Crippen LogP) is 3.55. The predicted molar refractivity (Wildman–Crippen MR) is 94.5 cm³/mol. The molecule has 22 heavy (non-hydrogen) atoms. The van der Waals surface area contributed by atoms with Gasteiger partial charge in [0.25, 0.3) is 0 Å². The third-order valence-corrected chi connectivity index (χ3v) is 5.16. The van der Waals surface area contributed by atoms with Crippen LogP contribution in [0.1, 0.15) is 5.56 Å². The summed E-state index contributed by atoms with van der Waals surface area (Å²) < 4.78 is 0. The second kappa shape index (κ2) is 7.10. The van der Waals surface area contributed by atoms with Gasteiger partial charge in [-0.2, -0.15) is 0 Å². The maximum absolute atomic E-state index is 6.28. The van der Waals surface area contributed by atoms with Crippen LogP contribution in [-0.2, 0) is 6.54 Å². The molecule has 5 heteroatoms. The summed E-state index contributed by atoms with van der Waals surface area (Å²) in [7, 11) is 0. The average Bonchev–Trinajstić information content (AvgIpc) is 2.52. The van der Waals surface area contributed by atoms with Crippen LogP contribution < -0.4 is 9.80 Å². The quantitative estimate of drug-likeness (QED) is 0.883. The molecule has 1 N–H and O–H groups in total. The standard InChI is InChI=1S/C17H17Cl3N2/c18-14-6-5-13(11-16(14)20)12-21-7-9-22(10-8-21)17-4-2-1-3-15(17)19/h1-6,11H,7-10,12H2/p+1. The molecule has 1 saturated heterocycles. The van der Waals surface area contributed by atoms with Crippen molar-refractivity contribution in [2.75, 3.05) is 31.1 Å². The van der Waals surface area contributed by atoms with Gasteiger partial charge in [-0.15, -0.1) is 0 Å². The Morgan fingerprint density at radius 1 is 0.864 bits per heavy atom. The first-order valence-electron chi connectivity index (χ1n) is 7.40. The number of hydrogen-bond acceptors (Lipinski definition) is 1. The second-order valence-electron chi connectivity index (χ2n) is 5.61. The number of anilines is 1. The number of para-hydroxylation sites is 1. The molecular formula is C17H18Cl3N2+. The van der Waals surface area contributed by atoms with E-state index in [2.05, 4.69) is 17.0 Å². The number of halogens is 3. The highest BCUT2D eigenvalue weighted by Gasteiger charge is 2.21. The molecule has 0 aromatic heterocycles. The van der Waals surface area contributed by atoms with E-state index in [1.807, 2.05) is 30.3 Å². The van der Waals surface area contributed by atoms with Crippen LogP contribution in [0.25, 0.3) is 0 Å². The summed E-state index contributed by atoms with van der Waals surface area (Å²) in [6, 6.07) is 13.9. The summed E-state index contributed by atoms with van der Waals surface area (Å²) in [4.78, 5) is 3.92. The second-order valence-corrected chi connectivity index (χ2v) is 6.84. The number of quaternary nitrogens is 1. The topological polar surface area (TPSA) is 7.68 Å². The zero-order valence-corrected chi connectivity index (χ0v) is 14.4. The third kappa shape index (κ3) is 3.69. The van der Waals surface area contributed by atoms with E-state index >= 15 is 0 Å². The zero-order valence-electron chi connectivity index (χ0n) is 12.2. The molecule has 1 aliphatic rings. The first-order chi connectivity index (χ1) is 10.6. The summed E-state index contributed by atoms with van der Waals surface area (Å²) in [5, 5.41) is 2.08. The smallest absolute Gasteiger partial charge is 0.103 e. The van der Waals surface area contributed by atoms with Gasteiger partial charge >= 0.3 is 0 Å². The molecule has 1 fully saturated rings. The molecule has 116 valence electrons. The van der Waals surface area contributed by atoms with E-state index in [0.717, 1.165) is 43.4 Å². The minimum atomic E-state index is 0.615. The Balaban J connectivity index is 1.60.